The third-order valence-electron chi connectivity index (χ3n) is 2.48. The van der Waals surface area contributed by atoms with Gasteiger partial charge in [-0.3, -0.25) is 0 Å². The van der Waals surface area contributed by atoms with Crippen LogP contribution in [0.5, 0.6) is 11.5 Å². The Bertz CT molecular complexity index is 537. The standard InChI is InChI=1S/C16H14O2/c1-2-6-16(17)13-9-11-15(12-10-13)18-14-7-4-3-5-8-14/h3-12,16-17H,1H2. The summed E-state index contributed by atoms with van der Waals surface area (Å²) in [6, 6.07) is 16.8. The van der Waals surface area contributed by atoms with Gasteiger partial charge in [-0.15, -0.1) is 5.73 Å². The Kier molecular flexibility index (Phi) is 3.98. The second-order valence-electron chi connectivity index (χ2n) is 3.80. The molecular weight excluding hydrogens is 224 g/mol. The van der Waals surface area contributed by atoms with E-state index in [4.69, 9.17) is 4.74 Å². The van der Waals surface area contributed by atoms with Crippen molar-refractivity contribution in [3.8, 4) is 11.5 Å². The van der Waals surface area contributed by atoms with Crippen molar-refractivity contribution in [2.24, 2.45) is 0 Å². The molecule has 0 saturated carbocycles. The van der Waals surface area contributed by atoms with Crippen LogP contribution in [0.2, 0.25) is 0 Å². The van der Waals surface area contributed by atoms with E-state index in [2.05, 4.69) is 12.3 Å². The fourth-order valence-electron chi connectivity index (χ4n) is 1.57. The van der Waals surface area contributed by atoms with Gasteiger partial charge in [0.15, 0.2) is 0 Å². The Labute approximate surface area is 106 Å². The second kappa shape index (κ2) is 5.87. The highest BCUT2D eigenvalue weighted by molar-refractivity contribution is 5.34. The quantitative estimate of drug-likeness (QED) is 0.820. The van der Waals surface area contributed by atoms with Gasteiger partial charge in [0.25, 0.3) is 0 Å². The van der Waals surface area contributed by atoms with Crippen LogP contribution in [0.25, 0.3) is 0 Å². The number of benzene rings is 2. The zero-order chi connectivity index (χ0) is 12.8. The van der Waals surface area contributed by atoms with E-state index in [9.17, 15) is 5.11 Å². The average Bonchev–Trinajstić information content (AvgIpc) is 2.41. The summed E-state index contributed by atoms with van der Waals surface area (Å²) in [5, 5.41) is 9.70. The average molecular weight is 238 g/mol. The third kappa shape index (κ3) is 3.11. The Balaban J connectivity index is 2.11. The number of ether oxygens (including phenoxy) is 1. The zero-order valence-electron chi connectivity index (χ0n) is 9.91. The molecule has 0 heterocycles. The molecule has 90 valence electrons. The number of aliphatic hydroxyl groups is 1. The van der Waals surface area contributed by atoms with Crippen molar-refractivity contribution in [3.63, 3.8) is 0 Å². The second-order valence-corrected chi connectivity index (χ2v) is 3.80. The van der Waals surface area contributed by atoms with E-state index in [1.54, 1.807) is 0 Å². The summed E-state index contributed by atoms with van der Waals surface area (Å²) >= 11 is 0. The van der Waals surface area contributed by atoms with E-state index in [-0.39, 0.29) is 0 Å². The lowest BCUT2D eigenvalue weighted by Gasteiger charge is -2.08. The smallest absolute Gasteiger partial charge is 0.127 e. The minimum Gasteiger partial charge on any atom is -0.457 e. The van der Waals surface area contributed by atoms with Crippen molar-refractivity contribution in [2.75, 3.05) is 0 Å². The van der Waals surface area contributed by atoms with Crippen molar-refractivity contribution in [1.82, 2.24) is 0 Å². The van der Waals surface area contributed by atoms with Crippen LogP contribution in [0, 0.1) is 0 Å². The molecule has 0 saturated heterocycles. The van der Waals surface area contributed by atoms with Crippen molar-refractivity contribution < 1.29 is 9.84 Å². The lowest BCUT2D eigenvalue weighted by Crippen LogP contribution is -1.92. The van der Waals surface area contributed by atoms with Gasteiger partial charge in [-0.2, -0.15) is 0 Å². The van der Waals surface area contributed by atoms with Gasteiger partial charge in [-0.25, -0.2) is 0 Å². The highest BCUT2D eigenvalue weighted by Crippen LogP contribution is 2.23. The van der Waals surface area contributed by atoms with Crippen LogP contribution in [-0.2, 0) is 0 Å². The Morgan fingerprint density at radius 1 is 1.00 bits per heavy atom. The predicted octanol–water partition coefficient (Wildman–Crippen LogP) is 3.85. The molecule has 2 heteroatoms. The zero-order valence-corrected chi connectivity index (χ0v) is 9.91. The van der Waals surface area contributed by atoms with E-state index in [0.717, 1.165) is 17.1 Å². The summed E-state index contributed by atoms with van der Waals surface area (Å²) in [6.07, 6.45) is 0.834. The lowest BCUT2D eigenvalue weighted by molar-refractivity contribution is 0.229. The monoisotopic (exact) mass is 238 g/mol. The number of aliphatic hydroxyl groups excluding tert-OH is 1. The molecule has 2 rings (SSSR count). The van der Waals surface area contributed by atoms with Gasteiger partial charge in [0, 0.05) is 0 Å². The lowest BCUT2D eigenvalue weighted by atomic mass is 10.1. The Morgan fingerprint density at radius 3 is 2.22 bits per heavy atom. The summed E-state index contributed by atoms with van der Waals surface area (Å²) in [6.45, 7) is 3.43. The van der Waals surface area contributed by atoms with E-state index in [1.165, 1.54) is 6.08 Å². The number of para-hydroxylation sites is 1. The number of rotatable bonds is 4. The maximum Gasteiger partial charge on any atom is 0.127 e. The van der Waals surface area contributed by atoms with Gasteiger partial charge in [0.1, 0.15) is 17.6 Å². The first-order chi connectivity index (χ1) is 8.79. The molecule has 1 atom stereocenters. The van der Waals surface area contributed by atoms with Crippen molar-refractivity contribution >= 4 is 0 Å². The van der Waals surface area contributed by atoms with Crippen molar-refractivity contribution in [3.05, 3.63) is 78.5 Å². The van der Waals surface area contributed by atoms with Crippen molar-refractivity contribution in [1.29, 1.82) is 0 Å². The molecule has 0 radical (unpaired) electrons. The highest BCUT2D eigenvalue weighted by Gasteiger charge is 2.03. The topological polar surface area (TPSA) is 29.5 Å². The van der Waals surface area contributed by atoms with Crippen molar-refractivity contribution in [2.45, 2.75) is 6.10 Å². The largest absolute Gasteiger partial charge is 0.457 e. The first-order valence-electron chi connectivity index (χ1n) is 5.66. The van der Waals surface area contributed by atoms with Crippen LogP contribution in [0.1, 0.15) is 11.7 Å². The molecule has 18 heavy (non-hydrogen) atoms. The van der Waals surface area contributed by atoms with Crippen LogP contribution >= 0.6 is 0 Å². The van der Waals surface area contributed by atoms with E-state index in [0.29, 0.717) is 0 Å². The van der Waals surface area contributed by atoms with Gasteiger partial charge >= 0.3 is 0 Å². The molecular formula is C16H14O2. The molecule has 0 aromatic heterocycles. The maximum absolute atomic E-state index is 9.70. The molecule has 0 aliphatic rings. The number of hydrogen-bond donors (Lipinski definition) is 1. The SMILES string of the molecule is C=C=CC(O)c1ccc(Oc2ccccc2)cc1. The molecule has 0 fully saturated rings. The molecule has 0 aliphatic carbocycles. The van der Waals surface area contributed by atoms with Gasteiger partial charge in [-0.1, -0.05) is 36.9 Å². The minimum absolute atomic E-state index is 0.673. The molecule has 1 unspecified atom stereocenters. The Morgan fingerprint density at radius 2 is 1.61 bits per heavy atom. The summed E-state index contributed by atoms with van der Waals surface area (Å²) < 4.78 is 5.65. The summed E-state index contributed by atoms with van der Waals surface area (Å²) in [4.78, 5) is 0. The summed E-state index contributed by atoms with van der Waals surface area (Å²) in [5.74, 6) is 1.52. The van der Waals surface area contributed by atoms with Gasteiger partial charge in [-0.05, 0) is 35.9 Å². The summed E-state index contributed by atoms with van der Waals surface area (Å²) in [5.41, 5.74) is 3.35. The first kappa shape index (κ1) is 12.2. The normalized spacial score (nSPS) is 11.4. The first-order valence-corrected chi connectivity index (χ1v) is 5.66. The molecule has 0 bridgehead atoms. The number of hydrogen-bond acceptors (Lipinski definition) is 2. The molecule has 2 nitrogen and oxygen atoms in total. The van der Waals surface area contributed by atoms with Gasteiger partial charge in [0.2, 0.25) is 0 Å². The van der Waals surface area contributed by atoms with E-state index < -0.39 is 6.10 Å². The van der Waals surface area contributed by atoms with E-state index >= 15 is 0 Å². The molecule has 0 spiro atoms. The maximum atomic E-state index is 9.70. The van der Waals surface area contributed by atoms with E-state index in [1.807, 2.05) is 54.6 Å². The third-order valence-corrected chi connectivity index (χ3v) is 2.48. The van der Waals surface area contributed by atoms with Crippen LogP contribution in [-0.4, -0.2) is 5.11 Å². The predicted molar refractivity (Wildman–Crippen MR) is 71.6 cm³/mol. The molecule has 0 aliphatic heterocycles. The fraction of sp³-hybridized carbons (Fsp3) is 0.0625. The molecule has 2 aromatic rings. The van der Waals surface area contributed by atoms with Crippen LogP contribution in [0.3, 0.4) is 0 Å². The highest BCUT2D eigenvalue weighted by atomic mass is 16.5. The van der Waals surface area contributed by atoms with Crippen LogP contribution < -0.4 is 4.74 Å². The summed E-state index contributed by atoms with van der Waals surface area (Å²) in [7, 11) is 0. The minimum atomic E-state index is -0.673. The fourth-order valence-corrected chi connectivity index (χ4v) is 1.57. The van der Waals surface area contributed by atoms with Crippen LogP contribution in [0.4, 0.5) is 0 Å². The van der Waals surface area contributed by atoms with Gasteiger partial charge < -0.3 is 9.84 Å². The molecule has 1 N–H and O–H groups in total. The Hall–Kier alpha value is -2.28. The van der Waals surface area contributed by atoms with Gasteiger partial charge in [0.05, 0.1) is 0 Å². The molecule has 2 aromatic carbocycles. The van der Waals surface area contributed by atoms with Crippen LogP contribution in [0.15, 0.2) is 73.0 Å². The molecule has 0 amide bonds.